The molecule has 124 valence electrons. The maximum Gasteiger partial charge on any atom is 0.412 e. The monoisotopic (exact) mass is 326 g/mol. The SMILES string of the molecule is CC(C)(C)OC(=O)Nc1ccccc1C(=O)C(=O)c1ccncc1. The lowest BCUT2D eigenvalue weighted by atomic mass is 10.0. The third-order valence-electron chi connectivity index (χ3n) is 2.96. The Balaban J connectivity index is 2.24. The largest absolute Gasteiger partial charge is 0.444 e. The maximum atomic E-state index is 12.5. The van der Waals surface area contributed by atoms with Crippen molar-refractivity contribution >= 4 is 23.3 Å². The molecule has 0 aliphatic rings. The summed E-state index contributed by atoms with van der Waals surface area (Å²) in [5.74, 6) is -1.39. The van der Waals surface area contributed by atoms with Crippen LogP contribution < -0.4 is 5.32 Å². The fourth-order valence-electron chi connectivity index (χ4n) is 1.96. The van der Waals surface area contributed by atoms with Crippen LogP contribution in [0.15, 0.2) is 48.8 Å². The Bertz CT molecular complexity index is 764. The molecule has 2 rings (SSSR count). The van der Waals surface area contributed by atoms with E-state index in [0.29, 0.717) is 0 Å². The highest BCUT2D eigenvalue weighted by atomic mass is 16.6. The van der Waals surface area contributed by atoms with Crippen molar-refractivity contribution in [2.75, 3.05) is 5.32 Å². The smallest absolute Gasteiger partial charge is 0.412 e. The summed E-state index contributed by atoms with van der Waals surface area (Å²) >= 11 is 0. The predicted octanol–water partition coefficient (Wildman–Crippen LogP) is 3.49. The van der Waals surface area contributed by atoms with Crippen molar-refractivity contribution in [1.82, 2.24) is 4.98 Å². The molecule has 0 unspecified atom stereocenters. The lowest BCUT2D eigenvalue weighted by molar-refractivity contribution is 0.0635. The summed E-state index contributed by atoms with van der Waals surface area (Å²) in [5, 5.41) is 2.51. The van der Waals surface area contributed by atoms with Gasteiger partial charge in [-0.3, -0.25) is 19.9 Å². The van der Waals surface area contributed by atoms with Gasteiger partial charge in [0, 0.05) is 23.5 Å². The van der Waals surface area contributed by atoms with Gasteiger partial charge in [-0.25, -0.2) is 4.79 Å². The van der Waals surface area contributed by atoms with Crippen molar-refractivity contribution in [3.63, 3.8) is 0 Å². The van der Waals surface area contributed by atoms with Gasteiger partial charge in [-0.1, -0.05) is 12.1 Å². The number of anilines is 1. The fraction of sp³-hybridized carbons (Fsp3) is 0.222. The number of hydrogen-bond acceptors (Lipinski definition) is 5. The zero-order valence-corrected chi connectivity index (χ0v) is 13.7. The molecule has 1 aromatic heterocycles. The van der Waals surface area contributed by atoms with Gasteiger partial charge in [0.2, 0.25) is 11.6 Å². The topological polar surface area (TPSA) is 85.4 Å². The van der Waals surface area contributed by atoms with Gasteiger partial charge in [0.05, 0.1) is 5.69 Å². The molecule has 0 saturated heterocycles. The fourth-order valence-corrected chi connectivity index (χ4v) is 1.96. The van der Waals surface area contributed by atoms with Crippen molar-refractivity contribution in [2.45, 2.75) is 26.4 Å². The Labute approximate surface area is 139 Å². The van der Waals surface area contributed by atoms with Crippen molar-refractivity contribution < 1.29 is 19.1 Å². The van der Waals surface area contributed by atoms with Gasteiger partial charge in [0.1, 0.15) is 5.60 Å². The normalized spacial score (nSPS) is 10.8. The standard InChI is InChI=1S/C18H18N2O4/c1-18(2,3)24-17(23)20-14-7-5-4-6-13(14)16(22)15(21)12-8-10-19-11-9-12/h4-11H,1-3H3,(H,20,23). The van der Waals surface area contributed by atoms with Crippen LogP contribution in [-0.2, 0) is 4.74 Å². The number of ether oxygens (including phenoxy) is 1. The molecule has 0 aliphatic carbocycles. The van der Waals surface area contributed by atoms with Crippen molar-refractivity contribution in [3.05, 3.63) is 59.9 Å². The third-order valence-corrected chi connectivity index (χ3v) is 2.96. The Morgan fingerprint density at radius 2 is 1.58 bits per heavy atom. The zero-order chi connectivity index (χ0) is 17.7. The second-order valence-electron chi connectivity index (χ2n) is 6.07. The summed E-state index contributed by atoms with van der Waals surface area (Å²) < 4.78 is 5.17. The van der Waals surface area contributed by atoms with E-state index in [2.05, 4.69) is 10.3 Å². The molecule has 0 bridgehead atoms. The Kier molecular flexibility index (Phi) is 5.08. The second kappa shape index (κ2) is 7.04. The first-order valence-corrected chi connectivity index (χ1v) is 7.36. The van der Waals surface area contributed by atoms with E-state index in [9.17, 15) is 14.4 Å². The molecule has 24 heavy (non-hydrogen) atoms. The molecule has 6 nitrogen and oxygen atoms in total. The van der Waals surface area contributed by atoms with Crippen LogP contribution in [0.3, 0.4) is 0 Å². The van der Waals surface area contributed by atoms with Gasteiger partial charge in [-0.15, -0.1) is 0 Å². The number of carbonyl (C=O) groups is 3. The molecule has 6 heteroatoms. The van der Waals surface area contributed by atoms with Crippen molar-refractivity contribution in [3.8, 4) is 0 Å². The number of ketones is 2. The number of Topliss-reactive ketones (excluding diaryl/α,β-unsaturated/α-hetero) is 2. The Hall–Kier alpha value is -3.02. The summed E-state index contributed by atoms with van der Waals surface area (Å²) in [4.78, 5) is 40.5. The molecule has 0 fully saturated rings. The van der Waals surface area contributed by atoms with Crippen LogP contribution in [0.5, 0.6) is 0 Å². The van der Waals surface area contributed by atoms with E-state index in [-0.39, 0.29) is 16.8 Å². The summed E-state index contributed by atoms with van der Waals surface area (Å²) in [6, 6.07) is 9.22. The summed E-state index contributed by atoms with van der Waals surface area (Å²) in [6.45, 7) is 5.20. The number of hydrogen-bond donors (Lipinski definition) is 1. The van der Waals surface area contributed by atoms with Crippen LogP contribution in [0.2, 0.25) is 0 Å². The van der Waals surface area contributed by atoms with Crippen LogP contribution in [0.4, 0.5) is 10.5 Å². The van der Waals surface area contributed by atoms with Gasteiger partial charge < -0.3 is 4.74 Å². The number of rotatable bonds is 4. The number of amides is 1. The van der Waals surface area contributed by atoms with E-state index in [0.717, 1.165) is 0 Å². The van der Waals surface area contributed by atoms with Gasteiger partial charge in [0.25, 0.3) is 0 Å². The maximum absolute atomic E-state index is 12.5. The number of nitrogens with zero attached hydrogens (tertiary/aromatic N) is 1. The van der Waals surface area contributed by atoms with Gasteiger partial charge in [-0.05, 0) is 45.0 Å². The highest BCUT2D eigenvalue weighted by molar-refractivity contribution is 6.50. The number of pyridine rings is 1. The van der Waals surface area contributed by atoms with Gasteiger partial charge in [0.15, 0.2) is 0 Å². The lowest BCUT2D eigenvalue weighted by Crippen LogP contribution is -2.28. The molecule has 0 saturated carbocycles. The zero-order valence-electron chi connectivity index (χ0n) is 13.7. The average molecular weight is 326 g/mol. The van der Waals surface area contributed by atoms with E-state index >= 15 is 0 Å². The third kappa shape index (κ3) is 4.49. The second-order valence-corrected chi connectivity index (χ2v) is 6.07. The molecular formula is C18H18N2O4. The van der Waals surface area contributed by atoms with E-state index in [1.54, 1.807) is 32.9 Å². The summed E-state index contributed by atoms with van der Waals surface area (Å²) in [6.07, 6.45) is 2.18. The van der Waals surface area contributed by atoms with Crippen LogP contribution in [0, 0.1) is 0 Å². The number of carbonyl (C=O) groups excluding carboxylic acids is 3. The first-order chi connectivity index (χ1) is 11.3. The molecule has 1 heterocycles. The van der Waals surface area contributed by atoms with Crippen LogP contribution in [0.1, 0.15) is 41.5 Å². The van der Waals surface area contributed by atoms with Gasteiger partial charge in [-0.2, -0.15) is 0 Å². The van der Waals surface area contributed by atoms with Crippen LogP contribution in [0.25, 0.3) is 0 Å². The molecule has 1 amide bonds. The first-order valence-electron chi connectivity index (χ1n) is 7.36. The molecule has 0 atom stereocenters. The highest BCUT2D eigenvalue weighted by Gasteiger charge is 2.23. The molecule has 1 aromatic carbocycles. The summed E-state index contributed by atoms with van der Waals surface area (Å²) in [7, 11) is 0. The highest BCUT2D eigenvalue weighted by Crippen LogP contribution is 2.19. The molecule has 0 aliphatic heterocycles. The van der Waals surface area contributed by atoms with E-state index in [1.165, 1.54) is 36.7 Å². The average Bonchev–Trinajstić information content (AvgIpc) is 2.53. The minimum absolute atomic E-state index is 0.102. The Morgan fingerprint density at radius 1 is 0.958 bits per heavy atom. The first kappa shape index (κ1) is 17.3. The quantitative estimate of drug-likeness (QED) is 0.686. The number of nitrogens with one attached hydrogen (secondary N) is 1. The molecule has 1 N–H and O–H groups in total. The Morgan fingerprint density at radius 3 is 2.21 bits per heavy atom. The number of para-hydroxylation sites is 1. The molecule has 0 radical (unpaired) electrons. The van der Waals surface area contributed by atoms with Crippen molar-refractivity contribution in [1.29, 1.82) is 0 Å². The molecular weight excluding hydrogens is 308 g/mol. The van der Waals surface area contributed by atoms with E-state index in [1.807, 2.05) is 0 Å². The number of benzene rings is 1. The van der Waals surface area contributed by atoms with Gasteiger partial charge >= 0.3 is 6.09 Å². The van der Waals surface area contributed by atoms with Crippen LogP contribution in [-0.4, -0.2) is 28.2 Å². The van der Waals surface area contributed by atoms with E-state index < -0.39 is 23.3 Å². The minimum atomic E-state index is -0.715. The predicted molar refractivity (Wildman–Crippen MR) is 89.2 cm³/mol. The number of aromatic nitrogens is 1. The minimum Gasteiger partial charge on any atom is -0.444 e. The van der Waals surface area contributed by atoms with Crippen LogP contribution >= 0.6 is 0 Å². The van der Waals surface area contributed by atoms with E-state index in [4.69, 9.17) is 4.74 Å². The molecule has 0 spiro atoms. The molecule has 2 aromatic rings. The van der Waals surface area contributed by atoms with Crippen molar-refractivity contribution in [2.24, 2.45) is 0 Å². The lowest BCUT2D eigenvalue weighted by Gasteiger charge is -2.20. The summed E-state index contributed by atoms with van der Waals surface area (Å²) in [5.41, 5.74) is -0.109.